The molecule has 0 aliphatic heterocycles. The quantitative estimate of drug-likeness (QED) is 0.315. The van der Waals surface area contributed by atoms with E-state index >= 15 is 0 Å². The van der Waals surface area contributed by atoms with E-state index in [0.717, 1.165) is 22.5 Å². The maximum absolute atomic E-state index is 12.9. The second kappa shape index (κ2) is 10.2. The second-order valence-electron chi connectivity index (χ2n) is 7.18. The molecule has 162 valence electrons. The molecule has 0 bridgehead atoms. The molecule has 4 aromatic rings. The fraction of sp³-hybridized carbons (Fsp3) is 0.154. The zero-order valence-electron chi connectivity index (χ0n) is 18.0. The molecule has 3 aromatic carbocycles. The molecule has 32 heavy (non-hydrogen) atoms. The number of nitrogens with one attached hydrogen (secondary N) is 2. The summed E-state index contributed by atoms with van der Waals surface area (Å²) in [5.41, 5.74) is 4.55. The number of anilines is 1. The van der Waals surface area contributed by atoms with Gasteiger partial charge < -0.3 is 15.0 Å². The lowest BCUT2D eigenvalue weighted by Crippen LogP contribution is -2.22. The van der Waals surface area contributed by atoms with Gasteiger partial charge in [-0.05, 0) is 26.0 Å². The van der Waals surface area contributed by atoms with Gasteiger partial charge in [-0.25, -0.2) is 4.98 Å². The molecule has 5 nitrogen and oxygen atoms in total. The van der Waals surface area contributed by atoms with Crippen LogP contribution in [0.5, 0.6) is 5.75 Å². The average molecular weight is 444 g/mol. The third-order valence-corrected chi connectivity index (χ3v) is 5.88. The molecule has 1 unspecified atom stereocenters. The van der Waals surface area contributed by atoms with Crippen LogP contribution in [0.4, 0.5) is 5.69 Å². The highest BCUT2D eigenvalue weighted by molar-refractivity contribution is 8.00. The molecule has 1 atom stereocenters. The number of amides is 1. The first-order valence-electron chi connectivity index (χ1n) is 10.6. The van der Waals surface area contributed by atoms with Crippen molar-refractivity contribution in [3.8, 4) is 28.3 Å². The number of H-pyrrole nitrogens is 1. The number of carbonyl (C=O) groups is 1. The van der Waals surface area contributed by atoms with Gasteiger partial charge in [-0.15, -0.1) is 0 Å². The van der Waals surface area contributed by atoms with Crippen molar-refractivity contribution in [2.45, 2.75) is 24.3 Å². The number of nitrogens with zero attached hydrogens (tertiary/aromatic N) is 1. The summed E-state index contributed by atoms with van der Waals surface area (Å²) >= 11 is 1.39. The maximum atomic E-state index is 12.9. The van der Waals surface area contributed by atoms with Crippen molar-refractivity contribution in [1.82, 2.24) is 9.97 Å². The highest BCUT2D eigenvalue weighted by Gasteiger charge is 2.20. The van der Waals surface area contributed by atoms with Crippen LogP contribution in [0.25, 0.3) is 22.5 Å². The first-order valence-corrected chi connectivity index (χ1v) is 11.4. The summed E-state index contributed by atoms with van der Waals surface area (Å²) in [5.74, 6) is 0.553. The van der Waals surface area contributed by atoms with Crippen LogP contribution in [0.2, 0.25) is 0 Å². The highest BCUT2D eigenvalue weighted by atomic mass is 32.2. The lowest BCUT2D eigenvalue weighted by Gasteiger charge is -2.14. The molecule has 4 rings (SSSR count). The predicted octanol–water partition coefficient (Wildman–Crippen LogP) is 6.26. The van der Waals surface area contributed by atoms with Crippen molar-refractivity contribution < 1.29 is 9.53 Å². The van der Waals surface area contributed by atoms with Gasteiger partial charge in [0.1, 0.15) is 5.75 Å². The number of hydrogen-bond donors (Lipinski definition) is 2. The van der Waals surface area contributed by atoms with Gasteiger partial charge in [-0.2, -0.15) is 0 Å². The first-order chi connectivity index (χ1) is 15.7. The Morgan fingerprint density at radius 3 is 2.28 bits per heavy atom. The van der Waals surface area contributed by atoms with Crippen molar-refractivity contribution in [1.29, 1.82) is 0 Å². The Kier molecular flexibility index (Phi) is 6.92. The topological polar surface area (TPSA) is 67.0 Å². The standard InChI is InChI=1S/C26H25N3O2S/c1-3-31-22-17-11-10-16-21(22)27-25(30)18(2)32-26-28-23(19-12-6-4-7-13-19)24(29-26)20-14-8-5-9-15-20/h4-18H,3H2,1-2H3,(H,27,30)(H,28,29). The molecule has 0 saturated heterocycles. The molecular weight excluding hydrogens is 418 g/mol. The summed E-state index contributed by atoms with van der Waals surface area (Å²) in [5, 5.41) is 3.31. The van der Waals surface area contributed by atoms with Crippen LogP contribution in [0.1, 0.15) is 13.8 Å². The summed E-state index contributed by atoms with van der Waals surface area (Å²) in [4.78, 5) is 21.1. The van der Waals surface area contributed by atoms with Crippen molar-refractivity contribution >= 4 is 23.4 Å². The monoisotopic (exact) mass is 443 g/mol. The van der Waals surface area contributed by atoms with E-state index in [2.05, 4.69) is 22.4 Å². The molecule has 0 aliphatic rings. The summed E-state index contributed by atoms with van der Waals surface area (Å²) in [6, 6.07) is 27.6. The first kappa shape index (κ1) is 21.7. The number of ether oxygens (including phenoxy) is 1. The fourth-order valence-electron chi connectivity index (χ4n) is 3.33. The summed E-state index contributed by atoms with van der Waals surface area (Å²) in [6.45, 7) is 4.33. The normalized spacial score (nSPS) is 11.7. The Hall–Kier alpha value is -3.51. The number of imidazole rings is 1. The highest BCUT2D eigenvalue weighted by Crippen LogP contribution is 2.34. The van der Waals surface area contributed by atoms with Gasteiger partial charge in [0.2, 0.25) is 5.91 Å². The third-order valence-electron chi connectivity index (χ3n) is 4.89. The van der Waals surface area contributed by atoms with Crippen LogP contribution in [-0.4, -0.2) is 27.7 Å². The van der Waals surface area contributed by atoms with Crippen LogP contribution >= 0.6 is 11.8 Å². The van der Waals surface area contributed by atoms with Gasteiger partial charge >= 0.3 is 0 Å². The Morgan fingerprint density at radius 1 is 0.969 bits per heavy atom. The van der Waals surface area contributed by atoms with E-state index in [1.807, 2.05) is 86.6 Å². The number of hydrogen-bond acceptors (Lipinski definition) is 4. The summed E-state index contributed by atoms with van der Waals surface area (Å²) in [7, 11) is 0. The van der Waals surface area contributed by atoms with E-state index in [1.165, 1.54) is 11.8 Å². The molecule has 0 radical (unpaired) electrons. The van der Waals surface area contributed by atoms with E-state index in [0.29, 0.717) is 23.2 Å². The van der Waals surface area contributed by atoms with E-state index < -0.39 is 0 Å². The molecule has 0 fully saturated rings. The molecule has 1 aromatic heterocycles. The van der Waals surface area contributed by atoms with Crippen LogP contribution in [0.15, 0.2) is 90.1 Å². The van der Waals surface area contributed by atoms with Crippen LogP contribution in [0.3, 0.4) is 0 Å². The van der Waals surface area contributed by atoms with Crippen molar-refractivity contribution in [3.63, 3.8) is 0 Å². The van der Waals surface area contributed by atoms with E-state index in [-0.39, 0.29) is 11.2 Å². The maximum Gasteiger partial charge on any atom is 0.237 e. The summed E-state index contributed by atoms with van der Waals surface area (Å²) in [6.07, 6.45) is 0. The third kappa shape index (κ3) is 5.03. The van der Waals surface area contributed by atoms with Crippen molar-refractivity contribution in [3.05, 3.63) is 84.9 Å². The zero-order chi connectivity index (χ0) is 22.3. The largest absolute Gasteiger partial charge is 0.492 e. The minimum atomic E-state index is -0.358. The van der Waals surface area contributed by atoms with Gasteiger partial charge in [0.15, 0.2) is 5.16 Å². The Balaban J connectivity index is 1.56. The lowest BCUT2D eigenvalue weighted by atomic mass is 10.1. The lowest BCUT2D eigenvalue weighted by molar-refractivity contribution is -0.115. The van der Waals surface area contributed by atoms with Crippen LogP contribution in [0, 0.1) is 0 Å². The molecule has 2 N–H and O–H groups in total. The SMILES string of the molecule is CCOc1ccccc1NC(=O)C(C)Sc1nc(-c2ccccc2)c(-c2ccccc2)[nH]1. The Morgan fingerprint density at radius 2 is 1.59 bits per heavy atom. The molecular formula is C26H25N3O2S. The molecule has 0 saturated carbocycles. The number of aromatic amines is 1. The molecule has 6 heteroatoms. The van der Waals surface area contributed by atoms with Gasteiger partial charge in [0.25, 0.3) is 0 Å². The number of carbonyl (C=O) groups excluding carboxylic acids is 1. The van der Waals surface area contributed by atoms with Crippen LogP contribution < -0.4 is 10.1 Å². The molecule has 0 spiro atoms. The zero-order valence-corrected chi connectivity index (χ0v) is 18.9. The van der Waals surface area contributed by atoms with Gasteiger partial charge in [-0.3, -0.25) is 4.79 Å². The number of thioether (sulfide) groups is 1. The number of rotatable bonds is 8. The van der Waals surface area contributed by atoms with Crippen LogP contribution in [-0.2, 0) is 4.79 Å². The number of aromatic nitrogens is 2. The smallest absolute Gasteiger partial charge is 0.237 e. The van der Waals surface area contributed by atoms with Crippen molar-refractivity contribution in [2.24, 2.45) is 0 Å². The number of benzene rings is 3. The molecule has 1 heterocycles. The Bertz CT molecular complexity index is 1120. The number of para-hydroxylation sites is 2. The van der Waals surface area contributed by atoms with E-state index in [4.69, 9.17) is 9.72 Å². The van der Waals surface area contributed by atoms with Gasteiger partial charge in [-0.1, -0.05) is 84.6 Å². The fourth-order valence-corrected chi connectivity index (χ4v) is 4.14. The molecule has 0 aliphatic carbocycles. The molecule has 1 amide bonds. The average Bonchev–Trinajstić information content (AvgIpc) is 3.25. The predicted molar refractivity (Wildman–Crippen MR) is 131 cm³/mol. The second-order valence-corrected chi connectivity index (χ2v) is 8.51. The minimum Gasteiger partial charge on any atom is -0.492 e. The minimum absolute atomic E-state index is 0.110. The van der Waals surface area contributed by atoms with Crippen molar-refractivity contribution in [2.75, 3.05) is 11.9 Å². The van der Waals surface area contributed by atoms with E-state index in [9.17, 15) is 4.79 Å². The Labute approximate surface area is 192 Å². The van der Waals surface area contributed by atoms with Gasteiger partial charge in [0.05, 0.1) is 28.9 Å². The van der Waals surface area contributed by atoms with Gasteiger partial charge in [0, 0.05) is 11.1 Å². The summed E-state index contributed by atoms with van der Waals surface area (Å²) < 4.78 is 5.61. The van der Waals surface area contributed by atoms with E-state index in [1.54, 1.807) is 0 Å².